The van der Waals surface area contributed by atoms with E-state index in [1.165, 1.54) is 0 Å². The smallest absolute Gasteiger partial charge is 0.330 e. The predicted octanol–water partition coefficient (Wildman–Crippen LogP) is 2.31. The first-order valence-electron chi connectivity index (χ1n) is 11.6. The highest BCUT2D eigenvalue weighted by molar-refractivity contribution is 6.11. The molecule has 2 aliphatic rings. The molecule has 1 unspecified atom stereocenters. The highest BCUT2D eigenvalue weighted by Gasteiger charge is 2.90. The minimum atomic E-state index is -2.28. The first kappa shape index (κ1) is 26.4. The van der Waals surface area contributed by atoms with Gasteiger partial charge in [-0.3, -0.25) is 19.2 Å². The van der Waals surface area contributed by atoms with Gasteiger partial charge in [0.25, 0.3) is 0 Å². The van der Waals surface area contributed by atoms with Crippen LogP contribution in [0.4, 0.5) is 0 Å². The van der Waals surface area contributed by atoms with Crippen molar-refractivity contribution in [2.75, 3.05) is 13.2 Å². The molecule has 35 heavy (non-hydrogen) atoms. The molecule has 1 aromatic carbocycles. The van der Waals surface area contributed by atoms with E-state index in [-0.39, 0.29) is 25.4 Å². The Bertz CT molecular complexity index is 1030. The van der Waals surface area contributed by atoms with E-state index in [2.05, 4.69) is 6.58 Å². The summed E-state index contributed by atoms with van der Waals surface area (Å²) in [7, 11) is 0. The number of carbonyl (C=O) groups excluding carboxylic acids is 4. The maximum absolute atomic E-state index is 13.7. The number of benzene rings is 1. The molecule has 9 heteroatoms. The van der Waals surface area contributed by atoms with Crippen LogP contribution < -0.4 is 5.73 Å². The summed E-state index contributed by atoms with van der Waals surface area (Å²) in [6.45, 7) is 12.0. The van der Waals surface area contributed by atoms with Crippen molar-refractivity contribution in [2.45, 2.75) is 52.4 Å². The zero-order valence-electron chi connectivity index (χ0n) is 20.8. The molecule has 0 heterocycles. The standard InChI is InChI=1S/C26H33NO8/c1-7-32-21(29)19-18-17(20(28)34-14-16-12-10-9-11-13-16)15(3)25(26(18,19)27,22(30)33-8-2)23(31)35-24(4,5)6/h9-13,17-19H,3,7-8,14,27H2,1-2,4-6H3/t17-,18?,19+,25-,26-/m0/s1. The van der Waals surface area contributed by atoms with Crippen LogP contribution in [0.2, 0.25) is 0 Å². The summed E-state index contributed by atoms with van der Waals surface area (Å²) in [6, 6.07) is 9.00. The van der Waals surface area contributed by atoms with Gasteiger partial charge in [-0.2, -0.15) is 0 Å². The molecular weight excluding hydrogens is 454 g/mol. The van der Waals surface area contributed by atoms with E-state index < -0.39 is 58.2 Å². The highest BCUT2D eigenvalue weighted by Crippen LogP contribution is 2.73. The van der Waals surface area contributed by atoms with Crippen molar-refractivity contribution in [1.29, 1.82) is 0 Å². The van der Waals surface area contributed by atoms with Crippen LogP contribution in [0, 0.1) is 23.2 Å². The van der Waals surface area contributed by atoms with Gasteiger partial charge in [-0.15, -0.1) is 0 Å². The Morgan fingerprint density at radius 1 is 0.943 bits per heavy atom. The van der Waals surface area contributed by atoms with Crippen LogP contribution in [0.5, 0.6) is 0 Å². The van der Waals surface area contributed by atoms with E-state index in [0.717, 1.165) is 5.56 Å². The molecule has 0 radical (unpaired) electrons. The maximum atomic E-state index is 13.7. The van der Waals surface area contributed by atoms with E-state index in [9.17, 15) is 19.2 Å². The van der Waals surface area contributed by atoms with Crippen molar-refractivity contribution in [1.82, 2.24) is 0 Å². The van der Waals surface area contributed by atoms with Gasteiger partial charge in [0, 0.05) is 5.92 Å². The second-order valence-corrected chi connectivity index (χ2v) is 9.76. The lowest BCUT2D eigenvalue weighted by atomic mass is 9.71. The molecule has 5 atom stereocenters. The second-order valence-electron chi connectivity index (χ2n) is 9.76. The van der Waals surface area contributed by atoms with E-state index in [1.54, 1.807) is 58.9 Å². The predicted molar refractivity (Wildman–Crippen MR) is 124 cm³/mol. The zero-order valence-corrected chi connectivity index (χ0v) is 20.8. The minimum absolute atomic E-state index is 0.0450. The van der Waals surface area contributed by atoms with Crippen LogP contribution in [0.15, 0.2) is 42.5 Å². The highest BCUT2D eigenvalue weighted by atomic mass is 16.6. The number of hydrogen-bond donors (Lipinski definition) is 1. The first-order chi connectivity index (χ1) is 16.4. The Hall–Kier alpha value is -3.20. The number of hydrogen-bond acceptors (Lipinski definition) is 9. The molecule has 1 aromatic rings. The van der Waals surface area contributed by atoms with Gasteiger partial charge in [0.1, 0.15) is 12.2 Å². The number of esters is 4. The molecule has 0 saturated heterocycles. The molecule has 190 valence electrons. The van der Waals surface area contributed by atoms with Crippen LogP contribution in [0.3, 0.4) is 0 Å². The van der Waals surface area contributed by atoms with Crippen LogP contribution in [-0.2, 0) is 44.7 Å². The summed E-state index contributed by atoms with van der Waals surface area (Å²) < 4.78 is 21.5. The summed E-state index contributed by atoms with van der Waals surface area (Å²) in [4.78, 5) is 53.3. The van der Waals surface area contributed by atoms with Crippen LogP contribution in [0.25, 0.3) is 0 Å². The van der Waals surface area contributed by atoms with Crippen molar-refractivity contribution < 1.29 is 38.1 Å². The molecular formula is C26H33NO8. The second kappa shape index (κ2) is 9.45. The SMILES string of the molecule is C=C1[C@H](C(=O)OCc2ccccc2)C2[C@H](C(=O)OCC)[C@]2(N)[C@@]1(C(=O)OCC)C(=O)OC(C)(C)C. The minimum Gasteiger partial charge on any atom is -0.466 e. The normalized spacial score (nSPS) is 29.1. The van der Waals surface area contributed by atoms with Crippen LogP contribution in [-0.4, -0.2) is 48.2 Å². The Morgan fingerprint density at radius 2 is 1.54 bits per heavy atom. The van der Waals surface area contributed by atoms with Crippen LogP contribution >= 0.6 is 0 Å². The van der Waals surface area contributed by atoms with Crippen molar-refractivity contribution in [3.63, 3.8) is 0 Å². The average Bonchev–Trinajstić information content (AvgIpc) is 3.31. The fraction of sp³-hybridized carbons (Fsp3) is 0.538. The van der Waals surface area contributed by atoms with Gasteiger partial charge in [-0.1, -0.05) is 36.9 Å². The molecule has 0 aliphatic heterocycles. The fourth-order valence-electron chi connectivity index (χ4n) is 5.09. The number of rotatable bonds is 8. The van der Waals surface area contributed by atoms with Gasteiger partial charge in [-0.25, -0.2) is 0 Å². The van der Waals surface area contributed by atoms with Gasteiger partial charge in [0.05, 0.1) is 30.6 Å². The monoisotopic (exact) mass is 487 g/mol. The van der Waals surface area contributed by atoms with Gasteiger partial charge in [-0.05, 0) is 45.8 Å². The summed E-state index contributed by atoms with van der Waals surface area (Å²) in [5, 5.41) is 0. The zero-order chi connectivity index (χ0) is 26.2. The lowest BCUT2D eigenvalue weighted by Crippen LogP contribution is -2.59. The Morgan fingerprint density at radius 3 is 2.09 bits per heavy atom. The third-order valence-electron chi connectivity index (χ3n) is 6.49. The van der Waals surface area contributed by atoms with E-state index in [4.69, 9.17) is 24.7 Å². The summed E-state index contributed by atoms with van der Waals surface area (Å²) in [5.74, 6) is -6.79. The topological polar surface area (TPSA) is 131 Å². The number of carbonyl (C=O) groups is 4. The van der Waals surface area contributed by atoms with Crippen molar-refractivity contribution in [3.05, 3.63) is 48.0 Å². The first-order valence-corrected chi connectivity index (χ1v) is 11.6. The molecule has 3 rings (SSSR count). The lowest BCUT2D eigenvalue weighted by molar-refractivity contribution is -0.178. The third-order valence-corrected chi connectivity index (χ3v) is 6.49. The molecule has 0 spiro atoms. The fourth-order valence-corrected chi connectivity index (χ4v) is 5.09. The summed E-state index contributed by atoms with van der Waals surface area (Å²) in [6.07, 6.45) is 0. The third kappa shape index (κ3) is 4.22. The van der Waals surface area contributed by atoms with Gasteiger partial charge in [0.2, 0.25) is 5.41 Å². The Kier molecular flexibility index (Phi) is 7.13. The summed E-state index contributed by atoms with van der Waals surface area (Å²) >= 11 is 0. The maximum Gasteiger partial charge on any atom is 0.330 e. The molecule has 0 aromatic heterocycles. The van der Waals surface area contributed by atoms with E-state index >= 15 is 0 Å². The number of fused-ring (bicyclic) bond motifs is 1. The largest absolute Gasteiger partial charge is 0.466 e. The molecule has 2 saturated carbocycles. The van der Waals surface area contributed by atoms with Crippen LogP contribution in [0.1, 0.15) is 40.2 Å². The van der Waals surface area contributed by atoms with Gasteiger partial charge < -0.3 is 24.7 Å². The van der Waals surface area contributed by atoms with Crippen molar-refractivity contribution in [2.24, 2.45) is 28.9 Å². The van der Waals surface area contributed by atoms with Gasteiger partial charge in [0.15, 0.2) is 0 Å². The molecule has 2 N–H and O–H groups in total. The Balaban J connectivity index is 2.07. The lowest BCUT2D eigenvalue weighted by Gasteiger charge is -2.36. The van der Waals surface area contributed by atoms with Gasteiger partial charge >= 0.3 is 23.9 Å². The van der Waals surface area contributed by atoms with Crippen molar-refractivity contribution in [3.8, 4) is 0 Å². The van der Waals surface area contributed by atoms with E-state index in [0.29, 0.717) is 0 Å². The van der Waals surface area contributed by atoms with Crippen molar-refractivity contribution >= 4 is 23.9 Å². The molecule has 9 nitrogen and oxygen atoms in total. The van der Waals surface area contributed by atoms with E-state index in [1.807, 2.05) is 6.07 Å². The molecule has 2 fully saturated rings. The average molecular weight is 488 g/mol. The molecule has 0 amide bonds. The summed E-state index contributed by atoms with van der Waals surface area (Å²) in [5.41, 5.74) is 2.25. The number of nitrogens with two attached hydrogens (primary N) is 1. The molecule has 0 bridgehead atoms. The quantitative estimate of drug-likeness (QED) is 0.254. The Labute approximate surface area is 204 Å². The molecule has 2 aliphatic carbocycles. The number of ether oxygens (including phenoxy) is 4.